The lowest BCUT2D eigenvalue weighted by Crippen LogP contribution is -2.29. The molecule has 3 rings (SSSR count). The minimum atomic E-state index is -0.844. The highest BCUT2D eigenvalue weighted by Crippen LogP contribution is 2.41. The molecular weight excluding hydrogens is 312 g/mol. The summed E-state index contributed by atoms with van der Waals surface area (Å²) in [5.74, 6) is -2.14. The summed E-state index contributed by atoms with van der Waals surface area (Å²) in [5, 5.41) is 20.9. The van der Waals surface area contributed by atoms with E-state index in [1.165, 1.54) is 12.1 Å². The molecule has 7 nitrogen and oxygen atoms in total. The summed E-state index contributed by atoms with van der Waals surface area (Å²) in [6, 6.07) is 8.18. The highest BCUT2D eigenvalue weighted by Gasteiger charge is 2.39. The van der Waals surface area contributed by atoms with Crippen molar-refractivity contribution in [1.29, 1.82) is 0 Å². The van der Waals surface area contributed by atoms with E-state index in [0.29, 0.717) is 4.90 Å². The molecule has 0 radical (unpaired) electrons. The number of carbonyl (C=O) groups excluding carboxylic acids is 2. The molecule has 0 aliphatic carbocycles. The number of nitrogens with zero attached hydrogens (tertiary/aromatic N) is 2. The zero-order valence-electron chi connectivity index (χ0n) is 10.8. The van der Waals surface area contributed by atoms with Crippen LogP contribution in [0.3, 0.4) is 0 Å². The molecule has 1 aliphatic rings. The van der Waals surface area contributed by atoms with Crippen LogP contribution in [0.4, 0.5) is 11.4 Å². The lowest BCUT2D eigenvalue weighted by Gasteiger charge is -2.15. The van der Waals surface area contributed by atoms with Crippen molar-refractivity contribution in [2.24, 2.45) is 0 Å². The van der Waals surface area contributed by atoms with E-state index in [9.17, 15) is 24.8 Å². The van der Waals surface area contributed by atoms with Crippen molar-refractivity contribution in [2.45, 2.75) is 0 Å². The molecule has 110 valence electrons. The Balaban J connectivity index is 2.20. The Hall–Kier alpha value is -2.93. The summed E-state index contributed by atoms with van der Waals surface area (Å²) in [7, 11) is 0. The number of nitro benzene ring substituents is 1. The molecule has 1 N–H and O–H groups in total. The summed E-state index contributed by atoms with van der Waals surface area (Å²) in [6.45, 7) is 0. The predicted molar refractivity (Wildman–Crippen MR) is 77.4 cm³/mol. The Labute approximate surface area is 128 Å². The third-order valence-corrected chi connectivity index (χ3v) is 3.48. The summed E-state index contributed by atoms with van der Waals surface area (Å²) >= 11 is 5.79. The number of phenols is 1. The molecule has 2 amide bonds. The van der Waals surface area contributed by atoms with Crippen LogP contribution in [0.15, 0.2) is 36.4 Å². The second kappa shape index (κ2) is 4.81. The summed E-state index contributed by atoms with van der Waals surface area (Å²) < 4.78 is 0. The van der Waals surface area contributed by atoms with Crippen LogP contribution in [0.5, 0.6) is 5.75 Å². The minimum absolute atomic E-state index is 0.0731. The van der Waals surface area contributed by atoms with Gasteiger partial charge in [-0.3, -0.25) is 19.7 Å². The smallest absolute Gasteiger partial charge is 0.314 e. The van der Waals surface area contributed by atoms with E-state index in [0.717, 1.165) is 12.1 Å². The van der Waals surface area contributed by atoms with Gasteiger partial charge in [-0.1, -0.05) is 23.7 Å². The first-order valence-electron chi connectivity index (χ1n) is 6.06. The largest absolute Gasteiger partial charge is 0.501 e. The van der Waals surface area contributed by atoms with Gasteiger partial charge in [0.15, 0.2) is 0 Å². The quantitative estimate of drug-likeness (QED) is 0.521. The van der Waals surface area contributed by atoms with Crippen LogP contribution in [-0.2, 0) is 0 Å². The Kier molecular flexibility index (Phi) is 3.07. The van der Waals surface area contributed by atoms with E-state index >= 15 is 0 Å². The second-order valence-corrected chi connectivity index (χ2v) is 4.98. The number of hydrogen-bond donors (Lipinski definition) is 1. The second-order valence-electron chi connectivity index (χ2n) is 4.54. The van der Waals surface area contributed by atoms with Crippen LogP contribution >= 0.6 is 11.6 Å². The fraction of sp³-hybridized carbons (Fsp3) is 0. The first kappa shape index (κ1) is 14.0. The number of aromatic hydroxyl groups is 1. The van der Waals surface area contributed by atoms with E-state index in [1.807, 2.05) is 0 Å². The molecule has 2 aromatic rings. The molecular formula is C14H7ClN2O5. The van der Waals surface area contributed by atoms with Crippen LogP contribution < -0.4 is 4.90 Å². The third-order valence-electron chi connectivity index (χ3n) is 3.27. The minimum Gasteiger partial charge on any atom is -0.501 e. The first-order chi connectivity index (χ1) is 10.4. The van der Waals surface area contributed by atoms with Crippen molar-refractivity contribution in [1.82, 2.24) is 0 Å². The molecule has 0 saturated heterocycles. The van der Waals surface area contributed by atoms with Crippen molar-refractivity contribution >= 4 is 34.8 Å². The van der Waals surface area contributed by atoms with Crippen LogP contribution in [0.2, 0.25) is 5.02 Å². The highest BCUT2D eigenvalue weighted by molar-refractivity contribution is 6.36. The Bertz CT molecular complexity index is 814. The van der Waals surface area contributed by atoms with E-state index in [2.05, 4.69) is 0 Å². The number of halogens is 1. The number of rotatable bonds is 2. The molecule has 0 bridgehead atoms. The molecule has 0 unspecified atom stereocenters. The Morgan fingerprint density at radius 3 is 2.14 bits per heavy atom. The maximum Gasteiger partial charge on any atom is 0.314 e. The van der Waals surface area contributed by atoms with E-state index in [4.69, 9.17) is 11.6 Å². The standard InChI is InChI=1S/C14H7ClN2O5/c15-7-5-10(12(18)11(6-7)17(21)22)16-13(19)8-3-1-2-4-9(8)14(16)20/h1-6,18H. The zero-order valence-corrected chi connectivity index (χ0v) is 11.6. The van der Waals surface area contributed by atoms with Crippen LogP contribution in [-0.4, -0.2) is 21.8 Å². The number of phenolic OH excluding ortho intramolecular Hbond substituents is 1. The van der Waals surface area contributed by atoms with Gasteiger partial charge < -0.3 is 5.11 Å². The number of carbonyl (C=O) groups is 2. The van der Waals surface area contributed by atoms with Gasteiger partial charge >= 0.3 is 5.69 Å². The van der Waals surface area contributed by atoms with Crippen molar-refractivity contribution in [3.05, 3.63) is 62.7 Å². The summed E-state index contributed by atoms with van der Waals surface area (Å²) in [4.78, 5) is 35.4. The SMILES string of the molecule is O=C1c2ccccc2C(=O)N1c1cc(Cl)cc([N+](=O)[O-])c1O. The first-order valence-corrected chi connectivity index (χ1v) is 6.44. The van der Waals surface area contributed by atoms with Crippen LogP contribution in [0, 0.1) is 10.1 Å². The fourth-order valence-electron chi connectivity index (χ4n) is 2.29. The lowest BCUT2D eigenvalue weighted by molar-refractivity contribution is -0.385. The fourth-order valence-corrected chi connectivity index (χ4v) is 2.50. The number of imide groups is 1. The zero-order chi connectivity index (χ0) is 16.0. The van der Waals surface area contributed by atoms with E-state index < -0.39 is 28.2 Å². The lowest BCUT2D eigenvalue weighted by atomic mass is 10.1. The average molecular weight is 319 g/mol. The topological polar surface area (TPSA) is 101 Å². The van der Waals surface area contributed by atoms with Crippen molar-refractivity contribution in [3.63, 3.8) is 0 Å². The average Bonchev–Trinajstić information content (AvgIpc) is 2.73. The highest BCUT2D eigenvalue weighted by atomic mass is 35.5. The maximum absolute atomic E-state index is 12.3. The number of amides is 2. The molecule has 0 atom stereocenters. The Morgan fingerprint density at radius 1 is 1.09 bits per heavy atom. The van der Waals surface area contributed by atoms with Gasteiger partial charge in [-0.05, 0) is 18.2 Å². The van der Waals surface area contributed by atoms with E-state index in [1.54, 1.807) is 12.1 Å². The van der Waals surface area contributed by atoms with Gasteiger partial charge in [0, 0.05) is 11.1 Å². The van der Waals surface area contributed by atoms with Crippen LogP contribution in [0.25, 0.3) is 0 Å². The molecule has 0 aromatic heterocycles. The molecule has 0 saturated carbocycles. The van der Waals surface area contributed by atoms with E-state index in [-0.39, 0.29) is 21.8 Å². The number of nitro groups is 1. The van der Waals surface area contributed by atoms with Gasteiger partial charge in [0.1, 0.15) is 5.69 Å². The van der Waals surface area contributed by atoms with Crippen molar-refractivity contribution < 1.29 is 19.6 Å². The van der Waals surface area contributed by atoms with Gasteiger partial charge in [0.25, 0.3) is 11.8 Å². The van der Waals surface area contributed by atoms with Gasteiger partial charge in [0.2, 0.25) is 5.75 Å². The van der Waals surface area contributed by atoms with Gasteiger partial charge in [-0.2, -0.15) is 0 Å². The number of anilines is 1. The molecule has 1 aliphatic heterocycles. The molecule has 0 spiro atoms. The number of fused-ring (bicyclic) bond motifs is 1. The summed E-state index contributed by atoms with van der Waals surface area (Å²) in [5.41, 5.74) is -0.673. The van der Waals surface area contributed by atoms with Gasteiger partial charge in [0.05, 0.1) is 16.1 Å². The number of hydrogen-bond acceptors (Lipinski definition) is 5. The monoisotopic (exact) mass is 318 g/mol. The number of benzene rings is 2. The molecule has 1 heterocycles. The van der Waals surface area contributed by atoms with Crippen LogP contribution in [0.1, 0.15) is 20.7 Å². The predicted octanol–water partition coefficient (Wildman–Crippen LogP) is 2.75. The Morgan fingerprint density at radius 2 is 1.64 bits per heavy atom. The normalized spacial score (nSPS) is 13.4. The molecule has 0 fully saturated rings. The maximum atomic E-state index is 12.3. The molecule has 2 aromatic carbocycles. The molecule has 8 heteroatoms. The summed E-state index contributed by atoms with van der Waals surface area (Å²) in [6.07, 6.45) is 0. The van der Waals surface area contributed by atoms with Crippen molar-refractivity contribution in [2.75, 3.05) is 4.90 Å². The van der Waals surface area contributed by atoms with Crippen molar-refractivity contribution in [3.8, 4) is 5.75 Å². The molecule has 22 heavy (non-hydrogen) atoms. The van der Waals surface area contributed by atoms with Gasteiger partial charge in [-0.15, -0.1) is 0 Å². The van der Waals surface area contributed by atoms with Gasteiger partial charge in [-0.25, -0.2) is 4.90 Å². The third kappa shape index (κ3) is 1.91.